The second-order valence-corrected chi connectivity index (χ2v) is 17.6. The highest BCUT2D eigenvalue weighted by Crippen LogP contribution is 2.48. The standard InChI is InChI=1S/C38H46N4O9S2/c1-37(2)28-12-5-6-13-30(28)40(21-7-9-24-52(46,47)48)32(37)14-11-15-33-38(3,4)29-26-27(36(45)39-20-23-42-34(43)18-19-35(42)44)16-17-31(29)41(33)22-8-10-25-53(49,50)51/h5-6,11-19,26H,7-10,20-25H2,1-4H3,(H2-,39,45,46,47,48,49,50,51)/p+1. The van der Waals surface area contributed by atoms with Crippen molar-refractivity contribution in [1.82, 2.24) is 10.2 Å². The first-order chi connectivity index (χ1) is 24.8. The molecule has 2 aromatic rings. The minimum atomic E-state index is -4.11. The number of para-hydroxylation sites is 1. The van der Waals surface area contributed by atoms with Crippen LogP contribution in [-0.2, 0) is 40.7 Å². The molecule has 3 N–H and O–H groups in total. The summed E-state index contributed by atoms with van der Waals surface area (Å²) in [7, 11) is -8.17. The first kappa shape index (κ1) is 39.8. The number of fused-ring (bicyclic) bond motifs is 2. The second kappa shape index (κ2) is 15.5. The smallest absolute Gasteiger partial charge is 0.264 e. The number of anilines is 1. The van der Waals surface area contributed by atoms with Crippen molar-refractivity contribution in [1.29, 1.82) is 0 Å². The summed E-state index contributed by atoms with van der Waals surface area (Å²) in [6.45, 7) is 9.51. The first-order valence-electron chi connectivity index (χ1n) is 17.6. The van der Waals surface area contributed by atoms with Gasteiger partial charge in [-0.05, 0) is 62.9 Å². The van der Waals surface area contributed by atoms with Crippen LogP contribution in [0.4, 0.5) is 11.4 Å². The SMILES string of the molecule is CC1(C)C(/C=C/C=C2/N(CCCCS(=O)(=O)O)c3ccc(C(=O)NCCN4C(=O)C=CC4=O)cc3C2(C)C)=[N+](CCCCS(=O)(=O)O)c2ccccc21. The fourth-order valence-corrected chi connectivity index (χ4v) is 8.45. The summed E-state index contributed by atoms with van der Waals surface area (Å²) in [6.07, 6.45) is 10.0. The van der Waals surface area contributed by atoms with Crippen molar-refractivity contribution >= 4 is 55.0 Å². The van der Waals surface area contributed by atoms with Crippen LogP contribution in [-0.4, -0.2) is 96.5 Å². The lowest BCUT2D eigenvalue weighted by molar-refractivity contribution is -0.438. The Labute approximate surface area is 311 Å². The van der Waals surface area contributed by atoms with Crippen LogP contribution in [0, 0.1) is 0 Å². The van der Waals surface area contributed by atoms with Crippen LogP contribution >= 0.6 is 0 Å². The number of rotatable bonds is 16. The van der Waals surface area contributed by atoms with Crippen molar-refractivity contribution in [2.24, 2.45) is 0 Å². The molecular formula is C38H47N4O9S2+. The Morgan fingerprint density at radius 2 is 1.45 bits per heavy atom. The highest BCUT2D eigenvalue weighted by Gasteiger charge is 2.44. The van der Waals surface area contributed by atoms with E-state index in [9.17, 15) is 40.3 Å². The number of benzene rings is 2. The first-order valence-corrected chi connectivity index (χ1v) is 20.8. The van der Waals surface area contributed by atoms with E-state index in [1.165, 1.54) is 12.2 Å². The van der Waals surface area contributed by atoms with Crippen LogP contribution in [0.3, 0.4) is 0 Å². The number of unbranched alkanes of at least 4 members (excludes halogenated alkanes) is 2. The topological polar surface area (TPSA) is 181 Å². The Balaban J connectivity index is 1.43. The molecule has 53 heavy (non-hydrogen) atoms. The Morgan fingerprint density at radius 3 is 2.11 bits per heavy atom. The Morgan fingerprint density at radius 1 is 0.811 bits per heavy atom. The van der Waals surface area contributed by atoms with Gasteiger partial charge in [0.1, 0.15) is 6.54 Å². The summed E-state index contributed by atoms with van der Waals surface area (Å²) >= 11 is 0. The Kier molecular flexibility index (Phi) is 11.6. The van der Waals surface area contributed by atoms with Crippen LogP contribution in [0.15, 0.2) is 78.5 Å². The predicted octanol–water partition coefficient (Wildman–Crippen LogP) is 4.29. The third-order valence-electron chi connectivity index (χ3n) is 10.1. The van der Waals surface area contributed by atoms with Gasteiger partial charge in [-0.15, -0.1) is 0 Å². The largest absolute Gasteiger partial charge is 0.350 e. The molecule has 5 rings (SSSR count). The molecule has 0 unspecified atom stereocenters. The highest BCUT2D eigenvalue weighted by atomic mass is 32.2. The Hall–Kier alpha value is -4.44. The molecule has 0 bridgehead atoms. The molecule has 13 nitrogen and oxygen atoms in total. The molecule has 0 fully saturated rings. The molecular weight excluding hydrogens is 721 g/mol. The van der Waals surface area contributed by atoms with Crippen molar-refractivity contribution in [2.45, 2.75) is 64.2 Å². The number of amides is 3. The van der Waals surface area contributed by atoms with E-state index in [1.54, 1.807) is 6.07 Å². The number of hydrogen-bond acceptors (Lipinski definition) is 8. The molecule has 0 spiro atoms. The van der Waals surface area contributed by atoms with Gasteiger partial charge >= 0.3 is 0 Å². The van der Waals surface area contributed by atoms with Gasteiger partial charge in [0.2, 0.25) is 5.69 Å². The lowest BCUT2D eigenvalue weighted by Gasteiger charge is -2.27. The molecule has 0 aliphatic carbocycles. The zero-order valence-corrected chi connectivity index (χ0v) is 32.0. The summed E-state index contributed by atoms with van der Waals surface area (Å²) in [6, 6.07) is 13.5. The van der Waals surface area contributed by atoms with Gasteiger partial charge in [-0.3, -0.25) is 28.4 Å². The third-order valence-corrected chi connectivity index (χ3v) is 11.7. The van der Waals surface area contributed by atoms with E-state index in [4.69, 9.17) is 0 Å². The van der Waals surface area contributed by atoms with Gasteiger partial charge in [-0.25, -0.2) is 0 Å². The average molecular weight is 768 g/mol. The molecule has 0 atom stereocenters. The monoisotopic (exact) mass is 767 g/mol. The van der Waals surface area contributed by atoms with E-state index in [2.05, 4.69) is 40.8 Å². The summed E-state index contributed by atoms with van der Waals surface area (Å²) in [5.74, 6) is -1.86. The molecule has 3 heterocycles. The van der Waals surface area contributed by atoms with Crippen molar-refractivity contribution in [3.63, 3.8) is 0 Å². The zero-order valence-electron chi connectivity index (χ0n) is 30.4. The summed E-state index contributed by atoms with van der Waals surface area (Å²) < 4.78 is 66.3. The van der Waals surface area contributed by atoms with Gasteiger partial charge < -0.3 is 10.2 Å². The molecule has 284 valence electrons. The normalized spacial score (nSPS) is 18.5. The molecule has 3 aliphatic heterocycles. The highest BCUT2D eigenvalue weighted by molar-refractivity contribution is 7.86. The number of hydrogen-bond donors (Lipinski definition) is 3. The van der Waals surface area contributed by atoms with Crippen molar-refractivity contribution < 1.29 is 44.9 Å². The minimum absolute atomic E-state index is 0.0479. The predicted molar refractivity (Wildman–Crippen MR) is 203 cm³/mol. The van der Waals surface area contributed by atoms with Gasteiger partial charge in [-0.1, -0.05) is 38.1 Å². The van der Waals surface area contributed by atoms with Crippen molar-refractivity contribution in [2.75, 3.05) is 42.6 Å². The zero-order chi connectivity index (χ0) is 38.8. The van der Waals surface area contributed by atoms with Gasteiger partial charge in [0, 0.05) is 78.3 Å². The molecule has 0 aromatic heterocycles. The van der Waals surface area contributed by atoms with E-state index in [-0.39, 0.29) is 42.3 Å². The van der Waals surface area contributed by atoms with Gasteiger partial charge in [-0.2, -0.15) is 21.4 Å². The quantitative estimate of drug-likeness (QED) is 0.0965. The number of allylic oxidation sites excluding steroid dienone is 4. The van der Waals surface area contributed by atoms with Crippen molar-refractivity contribution in [3.05, 3.63) is 95.2 Å². The molecule has 3 aliphatic rings. The molecule has 3 amide bonds. The molecule has 2 aromatic carbocycles. The fraction of sp³-hybridized carbons (Fsp3) is 0.421. The average Bonchev–Trinajstić information content (AvgIpc) is 3.59. The summed E-state index contributed by atoms with van der Waals surface area (Å²) in [4.78, 5) is 40.2. The fourth-order valence-electron chi connectivity index (χ4n) is 7.31. The van der Waals surface area contributed by atoms with Crippen LogP contribution in [0.5, 0.6) is 0 Å². The van der Waals surface area contributed by atoms with Gasteiger partial charge in [0.05, 0.1) is 16.9 Å². The molecule has 0 saturated heterocycles. The van der Waals surface area contributed by atoms with Crippen LogP contribution in [0.1, 0.15) is 74.9 Å². The Bertz CT molecular complexity index is 2130. The number of carbonyl (C=O) groups excluding carboxylic acids is 3. The second-order valence-electron chi connectivity index (χ2n) is 14.5. The molecule has 15 heteroatoms. The van der Waals surface area contributed by atoms with E-state index in [0.717, 1.165) is 38.8 Å². The molecule has 0 saturated carbocycles. The van der Waals surface area contributed by atoms with Crippen molar-refractivity contribution in [3.8, 4) is 0 Å². The van der Waals surface area contributed by atoms with Gasteiger partial charge in [0.25, 0.3) is 38.0 Å². The maximum atomic E-state index is 13.2. The summed E-state index contributed by atoms with van der Waals surface area (Å²) in [5, 5.41) is 2.79. The minimum Gasteiger partial charge on any atom is -0.350 e. The number of imide groups is 1. The number of nitrogens with zero attached hydrogens (tertiary/aromatic N) is 3. The van der Waals surface area contributed by atoms with Crippen LogP contribution in [0.25, 0.3) is 0 Å². The van der Waals surface area contributed by atoms with E-state index >= 15 is 0 Å². The lowest BCUT2D eigenvalue weighted by atomic mass is 9.81. The summed E-state index contributed by atoms with van der Waals surface area (Å²) in [5.41, 5.74) is 5.30. The van der Waals surface area contributed by atoms with E-state index in [1.807, 2.05) is 56.3 Å². The molecule has 0 radical (unpaired) electrons. The maximum Gasteiger partial charge on any atom is 0.264 e. The van der Waals surface area contributed by atoms with E-state index < -0.39 is 37.5 Å². The number of carbonyl (C=O) groups is 3. The lowest BCUT2D eigenvalue weighted by Crippen LogP contribution is -2.38. The van der Waals surface area contributed by atoms with Crippen LogP contribution < -0.4 is 10.2 Å². The third kappa shape index (κ3) is 9.03. The maximum absolute atomic E-state index is 13.2. The van der Waals surface area contributed by atoms with E-state index in [0.29, 0.717) is 37.9 Å². The van der Waals surface area contributed by atoms with Gasteiger partial charge in [0.15, 0.2) is 5.71 Å². The van der Waals surface area contributed by atoms with Crippen LogP contribution in [0.2, 0.25) is 0 Å². The number of nitrogens with one attached hydrogen (secondary N) is 1.